The lowest BCUT2D eigenvalue weighted by molar-refractivity contribution is -0.123. The lowest BCUT2D eigenvalue weighted by atomic mass is 10.3. The number of hydrogen-bond acceptors (Lipinski definition) is 3. The van der Waals surface area contributed by atoms with Crippen LogP contribution in [0.5, 0.6) is 5.75 Å². The predicted octanol–water partition coefficient (Wildman–Crippen LogP) is 1.71. The molecule has 1 aromatic carbocycles. The van der Waals surface area contributed by atoms with Gasteiger partial charge >= 0.3 is 0 Å². The van der Waals surface area contributed by atoms with Gasteiger partial charge in [-0.25, -0.2) is 0 Å². The molecule has 4 nitrogen and oxygen atoms in total. The van der Waals surface area contributed by atoms with E-state index in [0.717, 1.165) is 0 Å². The maximum atomic E-state index is 11.3. The fourth-order valence-corrected chi connectivity index (χ4v) is 1.58. The Bertz CT molecular complexity index is 386. The second kappa shape index (κ2) is 7.37. The maximum absolute atomic E-state index is 11.3. The minimum Gasteiger partial charge on any atom is -0.482 e. The third kappa shape index (κ3) is 5.26. The molecule has 0 aliphatic rings. The number of amides is 1. The first-order valence-corrected chi connectivity index (χ1v) is 5.88. The van der Waals surface area contributed by atoms with Crippen LogP contribution >= 0.6 is 23.2 Å². The normalized spacial score (nSPS) is 10.1. The summed E-state index contributed by atoms with van der Waals surface area (Å²) in [5, 5.41) is 6.53. The number of carbonyl (C=O) groups excluding carboxylic acids is 1. The zero-order chi connectivity index (χ0) is 12.7. The summed E-state index contributed by atoms with van der Waals surface area (Å²) in [4.78, 5) is 11.3. The first-order valence-electron chi connectivity index (χ1n) is 5.12. The van der Waals surface area contributed by atoms with Crippen molar-refractivity contribution in [1.82, 2.24) is 10.6 Å². The van der Waals surface area contributed by atoms with Crippen molar-refractivity contribution in [1.29, 1.82) is 0 Å². The van der Waals surface area contributed by atoms with Crippen molar-refractivity contribution in [3.8, 4) is 5.75 Å². The number of likely N-dealkylation sites (N-methyl/N-ethyl adjacent to an activating group) is 1. The van der Waals surface area contributed by atoms with Crippen molar-refractivity contribution in [3.63, 3.8) is 0 Å². The summed E-state index contributed by atoms with van der Waals surface area (Å²) < 4.78 is 5.26. The number of hydrogen-bond donors (Lipinski definition) is 2. The van der Waals surface area contributed by atoms with E-state index in [1.807, 2.05) is 7.05 Å². The Hall–Kier alpha value is -0.970. The van der Waals surface area contributed by atoms with Gasteiger partial charge in [0.25, 0.3) is 5.91 Å². The summed E-state index contributed by atoms with van der Waals surface area (Å²) in [6.45, 7) is 1.21. The SMILES string of the molecule is CNCCNC(=O)COc1ccc(Cl)cc1Cl. The van der Waals surface area contributed by atoms with Gasteiger partial charge in [-0.05, 0) is 25.2 Å². The van der Waals surface area contributed by atoms with Gasteiger partial charge in [-0.3, -0.25) is 4.79 Å². The molecule has 0 radical (unpaired) electrons. The van der Waals surface area contributed by atoms with Gasteiger partial charge in [0.2, 0.25) is 0 Å². The molecule has 0 saturated heterocycles. The molecule has 1 amide bonds. The second-order valence-corrected chi connectivity index (χ2v) is 4.16. The van der Waals surface area contributed by atoms with E-state index >= 15 is 0 Å². The number of nitrogens with one attached hydrogen (secondary N) is 2. The molecule has 2 N–H and O–H groups in total. The third-order valence-corrected chi connectivity index (χ3v) is 2.48. The lowest BCUT2D eigenvalue weighted by Crippen LogP contribution is -2.33. The summed E-state index contributed by atoms with van der Waals surface area (Å²) in [5.74, 6) is 0.256. The molecule has 0 atom stereocenters. The maximum Gasteiger partial charge on any atom is 0.257 e. The number of halogens is 2. The molecule has 0 bridgehead atoms. The van der Waals surface area contributed by atoms with E-state index < -0.39 is 0 Å². The summed E-state index contributed by atoms with van der Waals surface area (Å²) in [5.41, 5.74) is 0. The molecule has 0 aliphatic heterocycles. The fraction of sp³-hybridized carbons (Fsp3) is 0.364. The Kier molecular flexibility index (Phi) is 6.11. The first-order chi connectivity index (χ1) is 8.13. The van der Waals surface area contributed by atoms with E-state index in [2.05, 4.69) is 10.6 Å². The van der Waals surface area contributed by atoms with Gasteiger partial charge in [0.1, 0.15) is 5.75 Å². The first kappa shape index (κ1) is 14.1. The van der Waals surface area contributed by atoms with Crippen molar-refractivity contribution >= 4 is 29.1 Å². The van der Waals surface area contributed by atoms with Crippen LogP contribution in [0.15, 0.2) is 18.2 Å². The molecular formula is C11H14Cl2N2O2. The van der Waals surface area contributed by atoms with Gasteiger partial charge in [-0.1, -0.05) is 23.2 Å². The molecule has 17 heavy (non-hydrogen) atoms. The van der Waals surface area contributed by atoms with Gasteiger partial charge in [0.05, 0.1) is 5.02 Å². The van der Waals surface area contributed by atoms with E-state index in [9.17, 15) is 4.79 Å². The number of benzene rings is 1. The Labute approximate surface area is 110 Å². The average molecular weight is 277 g/mol. The molecule has 0 spiro atoms. The van der Waals surface area contributed by atoms with Crippen LogP contribution in [0.1, 0.15) is 0 Å². The molecule has 0 aliphatic carbocycles. The van der Waals surface area contributed by atoms with Crippen molar-refractivity contribution in [2.75, 3.05) is 26.7 Å². The molecule has 6 heteroatoms. The van der Waals surface area contributed by atoms with E-state index in [0.29, 0.717) is 28.9 Å². The summed E-state index contributed by atoms with van der Waals surface area (Å²) in [6.07, 6.45) is 0. The highest BCUT2D eigenvalue weighted by Gasteiger charge is 2.05. The topological polar surface area (TPSA) is 50.4 Å². The lowest BCUT2D eigenvalue weighted by Gasteiger charge is -2.08. The van der Waals surface area contributed by atoms with Crippen LogP contribution in [0, 0.1) is 0 Å². The minimum atomic E-state index is -0.189. The number of ether oxygens (including phenoxy) is 1. The van der Waals surface area contributed by atoms with Gasteiger partial charge in [0.15, 0.2) is 6.61 Å². The zero-order valence-electron chi connectivity index (χ0n) is 9.43. The van der Waals surface area contributed by atoms with E-state index in [1.54, 1.807) is 18.2 Å². The predicted molar refractivity (Wildman–Crippen MR) is 68.9 cm³/mol. The van der Waals surface area contributed by atoms with Crippen molar-refractivity contribution < 1.29 is 9.53 Å². The second-order valence-electron chi connectivity index (χ2n) is 3.32. The van der Waals surface area contributed by atoms with E-state index in [-0.39, 0.29) is 12.5 Å². The summed E-state index contributed by atoms with van der Waals surface area (Å²) >= 11 is 11.6. The molecule has 0 fully saturated rings. The molecule has 1 aromatic rings. The van der Waals surface area contributed by atoms with Gasteiger partial charge in [-0.2, -0.15) is 0 Å². The molecule has 94 valence electrons. The number of carbonyl (C=O) groups is 1. The van der Waals surface area contributed by atoms with Crippen LogP contribution in [-0.4, -0.2) is 32.7 Å². The van der Waals surface area contributed by atoms with Crippen LogP contribution < -0.4 is 15.4 Å². The van der Waals surface area contributed by atoms with Crippen molar-refractivity contribution in [2.45, 2.75) is 0 Å². The van der Waals surface area contributed by atoms with Gasteiger partial charge in [0, 0.05) is 18.1 Å². The molecule has 1 rings (SSSR count). The zero-order valence-corrected chi connectivity index (χ0v) is 10.9. The smallest absolute Gasteiger partial charge is 0.257 e. The minimum absolute atomic E-state index is 0.0644. The number of rotatable bonds is 6. The van der Waals surface area contributed by atoms with Gasteiger partial charge in [-0.15, -0.1) is 0 Å². The van der Waals surface area contributed by atoms with Gasteiger partial charge < -0.3 is 15.4 Å². The Morgan fingerprint density at radius 3 is 2.76 bits per heavy atom. The molecule has 0 aromatic heterocycles. The molecule has 0 unspecified atom stereocenters. The van der Waals surface area contributed by atoms with Crippen LogP contribution in [0.2, 0.25) is 10.0 Å². The van der Waals surface area contributed by atoms with E-state index in [1.165, 1.54) is 0 Å². The van der Waals surface area contributed by atoms with Crippen LogP contribution in [-0.2, 0) is 4.79 Å². The highest BCUT2D eigenvalue weighted by Crippen LogP contribution is 2.27. The standard InChI is InChI=1S/C11H14Cl2N2O2/c1-14-4-5-15-11(16)7-17-10-3-2-8(12)6-9(10)13/h2-3,6,14H,4-5,7H2,1H3,(H,15,16). The summed E-state index contributed by atoms with van der Waals surface area (Å²) in [7, 11) is 1.82. The quantitative estimate of drug-likeness (QED) is 0.778. The monoisotopic (exact) mass is 276 g/mol. The Balaban J connectivity index is 2.37. The van der Waals surface area contributed by atoms with Crippen LogP contribution in [0.25, 0.3) is 0 Å². The molecular weight excluding hydrogens is 263 g/mol. The fourth-order valence-electron chi connectivity index (χ4n) is 1.11. The van der Waals surface area contributed by atoms with E-state index in [4.69, 9.17) is 27.9 Å². The van der Waals surface area contributed by atoms with Crippen LogP contribution in [0.4, 0.5) is 0 Å². The average Bonchev–Trinajstić information content (AvgIpc) is 2.28. The third-order valence-electron chi connectivity index (χ3n) is 1.95. The Morgan fingerprint density at radius 2 is 2.12 bits per heavy atom. The molecule has 0 heterocycles. The molecule has 0 saturated carbocycles. The largest absolute Gasteiger partial charge is 0.482 e. The highest BCUT2D eigenvalue weighted by molar-refractivity contribution is 6.35. The highest BCUT2D eigenvalue weighted by atomic mass is 35.5. The van der Waals surface area contributed by atoms with Crippen molar-refractivity contribution in [3.05, 3.63) is 28.2 Å². The Morgan fingerprint density at radius 1 is 1.35 bits per heavy atom. The van der Waals surface area contributed by atoms with Crippen LogP contribution in [0.3, 0.4) is 0 Å². The van der Waals surface area contributed by atoms with Crippen molar-refractivity contribution in [2.24, 2.45) is 0 Å². The summed E-state index contributed by atoms with van der Waals surface area (Å²) in [6, 6.07) is 4.85.